The minimum atomic E-state index is -3.30. The van der Waals surface area contributed by atoms with Crippen LogP contribution in [0.1, 0.15) is 247 Å². The van der Waals surface area contributed by atoms with Gasteiger partial charge >= 0.3 is 5.97 Å². The van der Waals surface area contributed by atoms with Gasteiger partial charge in [-0.25, -0.2) is 4.79 Å². The molecule has 5 rings (SSSR count). The van der Waals surface area contributed by atoms with E-state index < -0.39 is 228 Å². The predicted octanol–water partition coefficient (Wildman–Crippen LogP) is 1.55. The monoisotopic (exact) mass is 1590 g/mol. The van der Waals surface area contributed by atoms with E-state index in [9.17, 15) is 101 Å². The summed E-state index contributed by atoms with van der Waals surface area (Å²) in [5, 5.41) is 186. The van der Waals surface area contributed by atoms with Crippen molar-refractivity contribution in [2.75, 3.05) is 33.0 Å². The number of nitrogens with one attached hydrogen (secondary N) is 3. The zero-order valence-electron chi connectivity index (χ0n) is 65.5. The SMILES string of the molecule is CCCCCCCCCCCCCCC/C=C/[C@H](O)[C@@H](CO[C@@H]1O[C@H](CO)[C@@H](O[C@@H]2O[C@H](C)[C@H](O[C@@H]3O[C@H](CO)[C@H](O)[C@H](O[C@@H]4O[C@H](CO)[C@H](O)[C@H](O)[C@H]4O)[C@H]3NC(C)=O)[C@H](O[C@]3(C(=O)O)C[C@H](O)[C@@H](NC(C)=O)C([C@H](O)[C@H](O)CO)O3)[C@H]2O)[C@H](O)[C@H]1O)NC(=O)CCCCCCCCCCCCCCCCCCC. The first-order chi connectivity index (χ1) is 52.7. The fraction of sp³-hybridized carbons (Fsp3) is 0.922. The molecule has 3 amide bonds. The molecule has 5 heterocycles. The van der Waals surface area contributed by atoms with Crippen molar-refractivity contribution in [3.05, 3.63) is 12.2 Å². The number of carbonyl (C=O) groups is 4. The van der Waals surface area contributed by atoms with Crippen LogP contribution in [0.5, 0.6) is 0 Å². The molecule has 33 heteroatoms. The minimum Gasteiger partial charge on any atom is -0.477 e. The van der Waals surface area contributed by atoms with Crippen LogP contribution in [0.25, 0.3) is 0 Å². The fourth-order valence-corrected chi connectivity index (χ4v) is 15.0. The normalized spacial score (nSPS) is 34.0. The Labute approximate surface area is 648 Å². The fourth-order valence-electron chi connectivity index (χ4n) is 15.0. The number of rotatable bonds is 55. The number of ether oxygens (including phenoxy) is 10. The molecule has 19 N–H and O–H groups in total. The molecule has 28 atom stereocenters. The van der Waals surface area contributed by atoms with E-state index in [4.69, 9.17) is 47.4 Å². The smallest absolute Gasteiger partial charge is 0.364 e. The third-order valence-corrected chi connectivity index (χ3v) is 21.5. The molecule has 0 aromatic heterocycles. The molecule has 0 bridgehead atoms. The molecule has 0 radical (unpaired) electrons. The summed E-state index contributed by atoms with van der Waals surface area (Å²) in [5.41, 5.74) is 0. The first-order valence-corrected chi connectivity index (χ1v) is 40.9. The van der Waals surface area contributed by atoms with Gasteiger partial charge in [-0.05, 0) is 26.2 Å². The van der Waals surface area contributed by atoms with Gasteiger partial charge < -0.3 is 145 Å². The lowest BCUT2D eigenvalue weighted by molar-refractivity contribution is -0.400. The maximum absolute atomic E-state index is 13.8. The molecule has 110 heavy (non-hydrogen) atoms. The van der Waals surface area contributed by atoms with Crippen LogP contribution >= 0.6 is 0 Å². The van der Waals surface area contributed by atoms with Gasteiger partial charge in [0.2, 0.25) is 17.7 Å². The Balaban J connectivity index is 1.35. The molecule has 0 spiro atoms. The average Bonchev–Trinajstić information content (AvgIpc) is 0.753. The van der Waals surface area contributed by atoms with Crippen molar-refractivity contribution >= 4 is 23.7 Å². The Morgan fingerprint density at radius 3 is 1.44 bits per heavy atom. The Morgan fingerprint density at radius 1 is 0.491 bits per heavy atom. The molecule has 0 aromatic rings. The second-order valence-electron chi connectivity index (χ2n) is 30.7. The molecule has 0 saturated carbocycles. The molecule has 0 aromatic carbocycles. The number of carbonyl (C=O) groups excluding carboxylic acids is 3. The number of allylic oxidation sites excluding steroid dienone is 1. The van der Waals surface area contributed by atoms with Crippen molar-refractivity contribution in [3.8, 4) is 0 Å². The second kappa shape index (κ2) is 52.3. The summed E-state index contributed by atoms with van der Waals surface area (Å²) >= 11 is 0. The summed E-state index contributed by atoms with van der Waals surface area (Å²) in [6.07, 6.45) is -8.99. The molecule has 33 nitrogen and oxygen atoms in total. The van der Waals surface area contributed by atoms with Crippen LogP contribution in [-0.2, 0) is 66.5 Å². The zero-order chi connectivity index (χ0) is 80.9. The standard InChI is InChI=1S/C77H139N3O30/c1-6-8-10-12-14-16-18-20-22-23-25-27-29-31-33-35-37-39-56(90)80-49(50(87)38-36-34-32-30-28-26-24-21-19-17-15-13-11-9-7-2)45-101-73-65(97)63(95)68(55(44-84)105-73)107-75-66(98)71(110-77(76(99)100)40-51(88)57(78-47(4)85)70(109-77)59(91)52(89)41-81)67(46(3)102-75)106-72-58(79-48(5)86)69(61(93)54(43-83)103-72)108-74-64(96)62(94)60(92)53(42-82)104-74/h36,38,46,49-55,57-75,81-84,87-89,91-98H,6-35,37,39-45H2,1-5H3,(H,78,85)(H,79,86)(H,80,90)(H,99,100)/b38-36+/t46-,49-,50+,51+,52-,53-,54-,55-,57-,58-,59-,60+,61+,62+,63-,64-,65-,66-,67+,68-,69-,70?,71-,72+,73-,74+,75+,77+/m1/s1. The Bertz CT molecular complexity index is 2550. The van der Waals surface area contributed by atoms with Crippen LogP contribution in [0.2, 0.25) is 0 Å². The van der Waals surface area contributed by atoms with Crippen molar-refractivity contribution < 1.29 is 148 Å². The number of aliphatic hydroxyl groups is 15. The number of carboxylic acids is 1. The van der Waals surface area contributed by atoms with Crippen molar-refractivity contribution in [1.29, 1.82) is 0 Å². The van der Waals surface area contributed by atoms with Crippen LogP contribution in [0.3, 0.4) is 0 Å². The molecular weight excluding hydrogens is 1450 g/mol. The number of unbranched alkanes of at least 4 members (excludes halogenated alkanes) is 29. The van der Waals surface area contributed by atoms with Crippen LogP contribution in [0.4, 0.5) is 0 Å². The molecule has 0 aliphatic carbocycles. The highest BCUT2D eigenvalue weighted by molar-refractivity contribution is 5.77. The van der Waals surface area contributed by atoms with Crippen molar-refractivity contribution in [2.24, 2.45) is 0 Å². The molecule has 5 saturated heterocycles. The van der Waals surface area contributed by atoms with Gasteiger partial charge in [0.05, 0.1) is 63.4 Å². The number of amides is 3. The summed E-state index contributed by atoms with van der Waals surface area (Å²) in [5.74, 6) is -7.48. The summed E-state index contributed by atoms with van der Waals surface area (Å²) in [6, 6.07) is -4.66. The molecule has 5 aliphatic rings. The maximum Gasteiger partial charge on any atom is 0.364 e. The molecule has 642 valence electrons. The van der Waals surface area contributed by atoms with E-state index in [1.165, 1.54) is 142 Å². The van der Waals surface area contributed by atoms with E-state index in [1.807, 2.05) is 6.08 Å². The van der Waals surface area contributed by atoms with Crippen molar-refractivity contribution in [2.45, 2.75) is 418 Å². The molecule has 5 aliphatic heterocycles. The summed E-state index contributed by atoms with van der Waals surface area (Å²) < 4.78 is 60.6. The highest BCUT2D eigenvalue weighted by Crippen LogP contribution is 2.41. The summed E-state index contributed by atoms with van der Waals surface area (Å²) in [6.45, 7) is 3.08. The Morgan fingerprint density at radius 2 is 0.936 bits per heavy atom. The van der Waals surface area contributed by atoms with Gasteiger partial charge in [-0.15, -0.1) is 0 Å². The van der Waals surface area contributed by atoms with E-state index >= 15 is 0 Å². The number of hydrogen-bond acceptors (Lipinski definition) is 29. The number of carboxylic acid groups (broad SMARTS) is 1. The lowest BCUT2D eigenvalue weighted by Gasteiger charge is -2.52. The largest absolute Gasteiger partial charge is 0.477 e. The van der Waals surface area contributed by atoms with Gasteiger partial charge in [-0.1, -0.05) is 206 Å². The first kappa shape index (κ1) is 97.2. The average molecular weight is 1590 g/mol. The van der Waals surface area contributed by atoms with E-state index in [0.717, 1.165) is 65.2 Å². The Kier molecular flexibility index (Phi) is 46.2. The first-order valence-electron chi connectivity index (χ1n) is 40.9. The zero-order valence-corrected chi connectivity index (χ0v) is 65.5. The van der Waals surface area contributed by atoms with E-state index in [1.54, 1.807) is 6.08 Å². The van der Waals surface area contributed by atoms with Crippen molar-refractivity contribution in [3.63, 3.8) is 0 Å². The van der Waals surface area contributed by atoms with E-state index in [0.29, 0.717) is 12.8 Å². The second-order valence-corrected chi connectivity index (χ2v) is 30.7. The van der Waals surface area contributed by atoms with Gasteiger partial charge in [-0.3, -0.25) is 14.4 Å². The highest BCUT2D eigenvalue weighted by atomic mass is 16.8. The number of aliphatic carboxylic acids is 1. The quantitative estimate of drug-likeness (QED) is 0.0303. The third kappa shape index (κ3) is 30.9. The van der Waals surface area contributed by atoms with Crippen molar-refractivity contribution in [1.82, 2.24) is 16.0 Å². The van der Waals surface area contributed by atoms with Gasteiger partial charge in [0.1, 0.15) is 110 Å². The minimum absolute atomic E-state index is 0.151. The molecule has 1 unspecified atom stereocenters. The van der Waals surface area contributed by atoms with Crippen LogP contribution in [-0.4, -0.2) is 310 Å². The number of hydrogen-bond donors (Lipinski definition) is 19. The van der Waals surface area contributed by atoms with E-state index in [2.05, 4.69) is 29.8 Å². The topological polar surface area (TPSA) is 520 Å². The Hall–Kier alpha value is -3.38. The van der Waals surface area contributed by atoms with Crippen LogP contribution in [0.15, 0.2) is 12.2 Å². The molecule has 5 fully saturated rings. The van der Waals surface area contributed by atoms with Gasteiger partial charge in [-0.2, -0.15) is 0 Å². The molecular formula is C77H139N3O30. The summed E-state index contributed by atoms with van der Waals surface area (Å²) in [4.78, 5) is 53.0. The van der Waals surface area contributed by atoms with Crippen LogP contribution in [0, 0.1) is 0 Å². The van der Waals surface area contributed by atoms with E-state index in [-0.39, 0.29) is 12.3 Å². The maximum atomic E-state index is 13.8. The lowest BCUT2D eigenvalue weighted by Crippen LogP contribution is -2.72. The highest BCUT2D eigenvalue weighted by Gasteiger charge is 2.62. The van der Waals surface area contributed by atoms with Gasteiger partial charge in [0.25, 0.3) is 5.79 Å². The number of aliphatic hydroxyl groups excluding tert-OH is 15. The van der Waals surface area contributed by atoms with Crippen LogP contribution < -0.4 is 16.0 Å². The lowest BCUT2D eigenvalue weighted by atomic mass is 9.88. The van der Waals surface area contributed by atoms with Gasteiger partial charge in [0.15, 0.2) is 25.2 Å². The summed E-state index contributed by atoms with van der Waals surface area (Å²) in [7, 11) is 0. The van der Waals surface area contributed by atoms with Gasteiger partial charge in [0, 0.05) is 26.7 Å². The third-order valence-electron chi connectivity index (χ3n) is 21.5. The predicted molar refractivity (Wildman–Crippen MR) is 395 cm³/mol.